The zero-order chi connectivity index (χ0) is 20.5. The van der Waals surface area contributed by atoms with Gasteiger partial charge in [0.2, 0.25) is 0 Å². The van der Waals surface area contributed by atoms with Gasteiger partial charge in [0.25, 0.3) is 0 Å². The highest BCUT2D eigenvalue weighted by molar-refractivity contribution is 7.80. The van der Waals surface area contributed by atoms with E-state index in [0.29, 0.717) is 11.7 Å². The molecule has 1 aromatic carbocycles. The molecule has 5 nitrogen and oxygen atoms in total. The molecule has 0 radical (unpaired) electrons. The molecule has 2 aromatic heterocycles. The summed E-state index contributed by atoms with van der Waals surface area (Å²) >= 11 is 5.75. The van der Waals surface area contributed by atoms with Gasteiger partial charge in [0, 0.05) is 36.9 Å². The van der Waals surface area contributed by atoms with E-state index >= 15 is 0 Å². The molecule has 0 spiro atoms. The average molecular weight is 423 g/mol. The number of pyridine rings is 1. The Labute approximate surface area is 180 Å². The Bertz CT molecular complexity index is 1030. The maximum Gasteiger partial charge on any atom is 0.170 e. The van der Waals surface area contributed by atoms with Gasteiger partial charge in [-0.25, -0.2) is 4.39 Å². The Balaban J connectivity index is 1.57. The van der Waals surface area contributed by atoms with Crippen LogP contribution in [0.25, 0.3) is 5.69 Å². The van der Waals surface area contributed by atoms with Crippen molar-refractivity contribution in [3.8, 4) is 5.69 Å². The zero-order valence-electron chi connectivity index (χ0n) is 16.4. The number of nitrogens with one attached hydrogen (secondary N) is 1. The van der Waals surface area contributed by atoms with Crippen LogP contribution in [0.3, 0.4) is 0 Å². The molecule has 0 amide bonds. The van der Waals surface area contributed by atoms with Crippen molar-refractivity contribution >= 4 is 17.3 Å². The Morgan fingerprint density at radius 1 is 1.17 bits per heavy atom. The summed E-state index contributed by atoms with van der Waals surface area (Å²) in [5.74, 6) is -0.260. The second kappa shape index (κ2) is 8.16. The Morgan fingerprint density at radius 3 is 2.87 bits per heavy atom. The number of halogens is 1. The molecule has 0 bridgehead atoms. The summed E-state index contributed by atoms with van der Waals surface area (Å²) in [6.07, 6.45) is 6.03. The predicted octanol–water partition coefficient (Wildman–Crippen LogP) is 4.16. The van der Waals surface area contributed by atoms with E-state index in [1.54, 1.807) is 18.3 Å². The first-order chi connectivity index (χ1) is 14.7. The van der Waals surface area contributed by atoms with Crippen LogP contribution in [0.5, 0.6) is 0 Å². The van der Waals surface area contributed by atoms with E-state index < -0.39 is 0 Å². The fraction of sp³-hybridized carbons (Fsp3) is 0.304. The van der Waals surface area contributed by atoms with E-state index in [1.165, 1.54) is 6.07 Å². The smallest absolute Gasteiger partial charge is 0.170 e. The quantitative estimate of drug-likeness (QED) is 0.626. The number of hydrogen-bond donors (Lipinski definition) is 1. The number of aromatic nitrogens is 2. The van der Waals surface area contributed by atoms with Crippen molar-refractivity contribution < 1.29 is 9.13 Å². The molecule has 0 aliphatic carbocycles. The number of rotatable bonds is 5. The van der Waals surface area contributed by atoms with E-state index in [2.05, 4.69) is 21.3 Å². The van der Waals surface area contributed by atoms with Crippen LogP contribution in [-0.4, -0.2) is 38.8 Å². The molecule has 0 unspecified atom stereocenters. The third kappa shape index (κ3) is 3.59. The number of thiocarbonyl (C=S) groups is 1. The second-order valence-electron chi connectivity index (χ2n) is 7.70. The van der Waals surface area contributed by atoms with Crippen LogP contribution in [0.15, 0.2) is 67.0 Å². The van der Waals surface area contributed by atoms with Crippen LogP contribution < -0.4 is 5.32 Å². The largest absolute Gasteiger partial charge is 0.376 e. The number of ether oxygens (including phenoxy) is 1. The Hall–Kier alpha value is -2.77. The lowest BCUT2D eigenvalue weighted by molar-refractivity contribution is 0.0836. The van der Waals surface area contributed by atoms with Gasteiger partial charge in [0.05, 0.1) is 23.9 Å². The lowest BCUT2D eigenvalue weighted by Gasteiger charge is -2.30. The summed E-state index contributed by atoms with van der Waals surface area (Å²) in [6, 6.07) is 16.4. The van der Waals surface area contributed by atoms with Gasteiger partial charge in [0.1, 0.15) is 5.82 Å². The normalized spacial score (nSPS) is 23.7. The van der Waals surface area contributed by atoms with Gasteiger partial charge in [0.15, 0.2) is 5.11 Å². The van der Waals surface area contributed by atoms with Gasteiger partial charge in [-0.3, -0.25) is 4.98 Å². The molecule has 5 rings (SSSR count). The monoisotopic (exact) mass is 422 g/mol. The second-order valence-corrected chi connectivity index (χ2v) is 8.08. The third-order valence-electron chi connectivity index (χ3n) is 5.79. The topological polar surface area (TPSA) is 42.3 Å². The van der Waals surface area contributed by atoms with Crippen molar-refractivity contribution in [3.05, 3.63) is 84.2 Å². The molecule has 2 aliphatic rings. The average Bonchev–Trinajstić information content (AvgIpc) is 3.50. The number of nitrogens with zero attached hydrogens (tertiary/aromatic N) is 3. The van der Waals surface area contributed by atoms with E-state index in [9.17, 15) is 4.39 Å². The summed E-state index contributed by atoms with van der Waals surface area (Å²) in [5, 5.41) is 4.17. The fourth-order valence-corrected chi connectivity index (χ4v) is 4.74. The SMILES string of the molecule is Fc1cccc(-n2cccc2[C@H]2[C@@H](c3ccccn3)NC(=S)N2C[C@@H]2CCCO2)c1. The van der Waals surface area contributed by atoms with Crippen molar-refractivity contribution in [3.63, 3.8) is 0 Å². The minimum Gasteiger partial charge on any atom is -0.376 e. The molecule has 2 aliphatic heterocycles. The highest BCUT2D eigenvalue weighted by atomic mass is 32.1. The van der Waals surface area contributed by atoms with Gasteiger partial charge >= 0.3 is 0 Å². The van der Waals surface area contributed by atoms with Crippen LogP contribution in [0, 0.1) is 5.82 Å². The predicted molar refractivity (Wildman–Crippen MR) is 117 cm³/mol. The molecular formula is C23H23FN4OS. The van der Waals surface area contributed by atoms with E-state index in [0.717, 1.165) is 36.5 Å². The van der Waals surface area contributed by atoms with Crippen molar-refractivity contribution in [2.24, 2.45) is 0 Å². The molecule has 30 heavy (non-hydrogen) atoms. The lowest BCUT2D eigenvalue weighted by atomic mass is 10.0. The summed E-state index contributed by atoms with van der Waals surface area (Å²) in [7, 11) is 0. The van der Waals surface area contributed by atoms with E-state index in [-0.39, 0.29) is 24.0 Å². The van der Waals surface area contributed by atoms with Gasteiger partial charge in [-0.15, -0.1) is 0 Å². The van der Waals surface area contributed by atoms with Crippen molar-refractivity contribution in [2.75, 3.05) is 13.2 Å². The number of benzene rings is 1. The summed E-state index contributed by atoms with van der Waals surface area (Å²) < 4.78 is 21.9. The van der Waals surface area contributed by atoms with Crippen molar-refractivity contribution in [1.29, 1.82) is 0 Å². The Morgan fingerprint density at radius 2 is 2.10 bits per heavy atom. The summed E-state index contributed by atoms with van der Waals surface area (Å²) in [4.78, 5) is 6.79. The van der Waals surface area contributed by atoms with E-state index in [4.69, 9.17) is 17.0 Å². The Kier molecular flexibility index (Phi) is 5.23. The zero-order valence-corrected chi connectivity index (χ0v) is 17.3. The first-order valence-electron chi connectivity index (χ1n) is 10.2. The van der Waals surface area contributed by atoms with Crippen LogP contribution in [0.4, 0.5) is 4.39 Å². The highest BCUT2D eigenvalue weighted by Crippen LogP contribution is 2.40. The molecule has 0 saturated carbocycles. The van der Waals surface area contributed by atoms with Crippen molar-refractivity contribution in [2.45, 2.75) is 31.0 Å². The molecule has 2 saturated heterocycles. The van der Waals surface area contributed by atoms with Crippen molar-refractivity contribution in [1.82, 2.24) is 19.8 Å². The van der Waals surface area contributed by atoms with Crippen LogP contribution >= 0.6 is 12.2 Å². The first-order valence-corrected chi connectivity index (χ1v) is 10.6. The molecular weight excluding hydrogens is 399 g/mol. The standard InChI is InChI=1S/C23H23FN4OS/c24-16-6-3-7-17(14-16)27-12-4-10-20(27)22-21(19-9-1-2-11-25-19)26-23(30)28(22)15-18-8-5-13-29-18/h1-4,6-7,9-12,14,18,21-22H,5,8,13,15H2,(H,26,30)/t18-,21+,22-/m0/s1. The summed E-state index contributed by atoms with van der Waals surface area (Å²) in [6.45, 7) is 1.51. The van der Waals surface area contributed by atoms with Crippen LogP contribution in [0.1, 0.15) is 36.3 Å². The molecule has 1 N–H and O–H groups in total. The number of hydrogen-bond acceptors (Lipinski definition) is 3. The minimum absolute atomic E-state index is 0.0881. The lowest BCUT2D eigenvalue weighted by Crippen LogP contribution is -2.36. The molecule has 7 heteroatoms. The molecule has 2 fully saturated rings. The molecule has 4 heterocycles. The molecule has 3 atom stereocenters. The summed E-state index contributed by atoms with van der Waals surface area (Å²) in [5.41, 5.74) is 2.73. The fourth-order valence-electron chi connectivity index (χ4n) is 4.43. The molecule has 3 aromatic rings. The van der Waals surface area contributed by atoms with E-state index in [1.807, 2.05) is 41.1 Å². The van der Waals surface area contributed by atoms with Crippen LogP contribution in [-0.2, 0) is 4.74 Å². The van der Waals surface area contributed by atoms with Gasteiger partial charge < -0.3 is 19.5 Å². The van der Waals surface area contributed by atoms with Gasteiger partial charge in [-0.1, -0.05) is 12.1 Å². The third-order valence-corrected chi connectivity index (χ3v) is 6.14. The van der Waals surface area contributed by atoms with Gasteiger partial charge in [-0.2, -0.15) is 0 Å². The first kappa shape index (κ1) is 19.2. The molecule has 154 valence electrons. The highest BCUT2D eigenvalue weighted by Gasteiger charge is 2.42. The maximum atomic E-state index is 13.9. The minimum atomic E-state index is -0.260. The maximum absolute atomic E-state index is 13.9. The van der Waals surface area contributed by atoms with Gasteiger partial charge in [-0.05, 0) is 67.5 Å². The van der Waals surface area contributed by atoms with Crippen LogP contribution in [0.2, 0.25) is 0 Å².